The molecule has 0 aliphatic carbocycles. The first-order valence-corrected chi connectivity index (χ1v) is 7.94. The van der Waals surface area contributed by atoms with Crippen molar-refractivity contribution < 1.29 is 9.53 Å². The topological polar surface area (TPSA) is 87.0 Å². The molecule has 1 aromatic heterocycles. The highest BCUT2D eigenvalue weighted by molar-refractivity contribution is 9.10. The van der Waals surface area contributed by atoms with Gasteiger partial charge in [0.15, 0.2) is 0 Å². The lowest BCUT2D eigenvalue weighted by molar-refractivity contribution is -0.112. The van der Waals surface area contributed by atoms with E-state index in [1.807, 2.05) is 13.0 Å². The summed E-state index contributed by atoms with van der Waals surface area (Å²) in [5, 5.41) is 14.6. The number of pyridine rings is 1. The maximum atomic E-state index is 12.1. The van der Waals surface area contributed by atoms with Crippen molar-refractivity contribution in [1.82, 2.24) is 4.98 Å². The molecule has 0 radical (unpaired) electrons. The number of nitrogens with zero attached hydrogens (tertiary/aromatic N) is 2. The number of carbonyl (C=O) groups excluding carboxylic acids is 1. The fraction of sp³-hybridized carbons (Fsp3) is 0.118. The molecule has 0 unspecified atom stereocenters. The van der Waals surface area contributed by atoms with Crippen LogP contribution in [-0.4, -0.2) is 17.5 Å². The van der Waals surface area contributed by atoms with Crippen LogP contribution in [0.5, 0.6) is 5.75 Å². The third-order valence-electron chi connectivity index (χ3n) is 2.88. The largest absolute Gasteiger partial charge is 0.494 e. The van der Waals surface area contributed by atoms with Crippen molar-refractivity contribution in [2.45, 2.75) is 6.92 Å². The molecule has 1 heterocycles. The molecule has 1 aromatic carbocycles. The van der Waals surface area contributed by atoms with Crippen molar-refractivity contribution in [3.05, 3.63) is 58.8 Å². The maximum absolute atomic E-state index is 12.1. The SMILES string of the molecule is CCOc1ccc(NC(=O)/C(C#N)=C\Nc2ccc(Br)cn2)cc1. The molecule has 0 fully saturated rings. The zero-order valence-corrected chi connectivity index (χ0v) is 14.5. The Hall–Kier alpha value is -2.85. The number of benzene rings is 1. The minimum absolute atomic E-state index is 0.0615. The van der Waals surface area contributed by atoms with Crippen molar-refractivity contribution in [2.24, 2.45) is 0 Å². The summed E-state index contributed by atoms with van der Waals surface area (Å²) in [4.78, 5) is 16.2. The van der Waals surface area contributed by atoms with Crippen LogP contribution in [0.25, 0.3) is 0 Å². The Bertz CT molecular complexity index is 765. The standard InChI is InChI=1S/C17H15BrN4O2/c1-2-24-15-6-4-14(5-7-15)22-17(23)12(9-19)10-20-16-8-3-13(18)11-21-16/h3-8,10-11H,2H2,1H3,(H,20,21)(H,22,23)/b12-10-. The summed E-state index contributed by atoms with van der Waals surface area (Å²) in [5.74, 6) is 0.737. The maximum Gasteiger partial charge on any atom is 0.267 e. The molecule has 0 aliphatic rings. The highest BCUT2D eigenvalue weighted by Crippen LogP contribution is 2.16. The molecule has 24 heavy (non-hydrogen) atoms. The monoisotopic (exact) mass is 386 g/mol. The Labute approximate surface area is 148 Å². The van der Waals surface area contributed by atoms with Crippen LogP contribution in [0.3, 0.4) is 0 Å². The smallest absolute Gasteiger partial charge is 0.267 e. The average Bonchev–Trinajstić information content (AvgIpc) is 2.59. The Morgan fingerprint density at radius 1 is 1.33 bits per heavy atom. The minimum atomic E-state index is -0.508. The lowest BCUT2D eigenvalue weighted by atomic mass is 10.2. The summed E-state index contributed by atoms with van der Waals surface area (Å²) >= 11 is 3.28. The number of nitriles is 1. The van der Waals surface area contributed by atoms with Crippen LogP contribution in [0.2, 0.25) is 0 Å². The van der Waals surface area contributed by atoms with Crippen LogP contribution in [0.15, 0.2) is 58.8 Å². The number of ether oxygens (including phenoxy) is 1. The second-order valence-corrected chi connectivity index (χ2v) is 5.50. The zero-order valence-electron chi connectivity index (χ0n) is 12.9. The van der Waals surface area contributed by atoms with E-state index in [0.717, 1.165) is 10.2 Å². The van der Waals surface area contributed by atoms with Gasteiger partial charge in [-0.1, -0.05) is 0 Å². The van der Waals surface area contributed by atoms with E-state index in [4.69, 9.17) is 10.00 Å². The molecule has 0 atom stereocenters. The van der Waals surface area contributed by atoms with Gasteiger partial charge in [-0.15, -0.1) is 0 Å². The predicted molar refractivity (Wildman–Crippen MR) is 95.5 cm³/mol. The van der Waals surface area contributed by atoms with Crippen LogP contribution in [0.1, 0.15) is 6.92 Å². The number of carbonyl (C=O) groups is 1. The molecular formula is C17H15BrN4O2. The van der Waals surface area contributed by atoms with Crippen molar-refractivity contribution in [1.29, 1.82) is 5.26 Å². The molecule has 7 heteroatoms. The van der Waals surface area contributed by atoms with Crippen molar-refractivity contribution in [2.75, 3.05) is 17.2 Å². The minimum Gasteiger partial charge on any atom is -0.494 e. The van der Waals surface area contributed by atoms with Gasteiger partial charge in [0.25, 0.3) is 5.91 Å². The molecule has 2 aromatic rings. The van der Waals surface area contributed by atoms with E-state index < -0.39 is 5.91 Å². The molecular weight excluding hydrogens is 372 g/mol. The van der Waals surface area contributed by atoms with Gasteiger partial charge >= 0.3 is 0 Å². The van der Waals surface area contributed by atoms with Crippen LogP contribution in [0.4, 0.5) is 11.5 Å². The Kier molecular flexibility index (Phi) is 6.34. The molecule has 2 rings (SSSR count). The van der Waals surface area contributed by atoms with E-state index in [9.17, 15) is 4.79 Å². The van der Waals surface area contributed by atoms with Gasteiger partial charge in [-0.2, -0.15) is 5.26 Å². The normalized spacial score (nSPS) is 10.6. The van der Waals surface area contributed by atoms with Crippen LogP contribution < -0.4 is 15.4 Å². The summed E-state index contributed by atoms with van der Waals surface area (Å²) in [7, 11) is 0. The highest BCUT2D eigenvalue weighted by Gasteiger charge is 2.09. The summed E-state index contributed by atoms with van der Waals surface area (Å²) in [6, 6.07) is 12.3. The first kappa shape index (κ1) is 17.5. The number of aromatic nitrogens is 1. The zero-order chi connectivity index (χ0) is 17.4. The quantitative estimate of drug-likeness (QED) is 0.583. The molecule has 2 N–H and O–H groups in total. The summed E-state index contributed by atoms with van der Waals surface area (Å²) in [6.07, 6.45) is 2.93. The Morgan fingerprint density at radius 2 is 2.08 bits per heavy atom. The second kappa shape index (κ2) is 8.70. The van der Waals surface area contributed by atoms with Crippen LogP contribution >= 0.6 is 15.9 Å². The molecule has 0 saturated carbocycles. The number of amides is 1. The number of anilines is 2. The fourth-order valence-corrected chi connectivity index (χ4v) is 1.99. The van der Waals surface area contributed by atoms with E-state index in [2.05, 4.69) is 31.5 Å². The number of rotatable bonds is 6. The van der Waals surface area contributed by atoms with Crippen LogP contribution in [-0.2, 0) is 4.79 Å². The van der Waals surface area contributed by atoms with E-state index in [1.165, 1.54) is 6.20 Å². The van der Waals surface area contributed by atoms with Gasteiger partial charge in [-0.25, -0.2) is 4.98 Å². The summed E-state index contributed by atoms with van der Waals surface area (Å²) in [6.45, 7) is 2.47. The van der Waals surface area contributed by atoms with E-state index in [-0.39, 0.29) is 5.57 Å². The lowest BCUT2D eigenvalue weighted by Crippen LogP contribution is -2.14. The third kappa shape index (κ3) is 5.11. The van der Waals surface area contributed by atoms with Crippen LogP contribution in [0, 0.1) is 11.3 Å². The van der Waals surface area contributed by atoms with Gasteiger partial charge in [0, 0.05) is 22.6 Å². The lowest BCUT2D eigenvalue weighted by Gasteiger charge is -2.07. The first-order valence-electron chi connectivity index (χ1n) is 7.15. The highest BCUT2D eigenvalue weighted by atomic mass is 79.9. The Balaban J connectivity index is 2.01. The molecule has 6 nitrogen and oxygen atoms in total. The number of halogens is 1. The third-order valence-corrected chi connectivity index (χ3v) is 3.35. The fourth-order valence-electron chi connectivity index (χ4n) is 1.76. The van der Waals surface area contributed by atoms with E-state index in [1.54, 1.807) is 42.6 Å². The Morgan fingerprint density at radius 3 is 2.67 bits per heavy atom. The molecule has 1 amide bonds. The van der Waals surface area contributed by atoms with Gasteiger partial charge < -0.3 is 15.4 Å². The molecule has 0 bridgehead atoms. The van der Waals surface area contributed by atoms with Gasteiger partial charge in [0.2, 0.25) is 0 Å². The van der Waals surface area contributed by atoms with Gasteiger partial charge in [0.05, 0.1) is 6.61 Å². The van der Waals surface area contributed by atoms with Crippen molar-refractivity contribution in [3.8, 4) is 11.8 Å². The van der Waals surface area contributed by atoms with Gasteiger partial charge in [-0.3, -0.25) is 4.79 Å². The average molecular weight is 387 g/mol. The van der Waals surface area contributed by atoms with Crippen molar-refractivity contribution in [3.63, 3.8) is 0 Å². The molecule has 0 spiro atoms. The van der Waals surface area contributed by atoms with Gasteiger partial charge in [-0.05, 0) is 59.3 Å². The molecule has 122 valence electrons. The first-order chi connectivity index (χ1) is 11.6. The predicted octanol–water partition coefficient (Wildman–Crippen LogP) is 3.70. The number of hydrogen-bond acceptors (Lipinski definition) is 5. The number of hydrogen-bond donors (Lipinski definition) is 2. The molecule has 0 saturated heterocycles. The van der Waals surface area contributed by atoms with Gasteiger partial charge in [0.1, 0.15) is 23.2 Å². The van der Waals surface area contributed by atoms with E-state index >= 15 is 0 Å². The summed E-state index contributed by atoms with van der Waals surface area (Å²) < 4.78 is 6.17. The second-order valence-electron chi connectivity index (χ2n) is 4.59. The number of nitrogens with one attached hydrogen (secondary N) is 2. The van der Waals surface area contributed by atoms with Crippen molar-refractivity contribution >= 4 is 33.3 Å². The summed E-state index contributed by atoms with van der Waals surface area (Å²) in [5.41, 5.74) is 0.514. The molecule has 0 aliphatic heterocycles. The van der Waals surface area contributed by atoms with E-state index in [0.29, 0.717) is 18.1 Å².